The van der Waals surface area contributed by atoms with E-state index in [1.54, 1.807) is 0 Å². The van der Waals surface area contributed by atoms with Crippen molar-refractivity contribution in [3.63, 3.8) is 0 Å². The first kappa shape index (κ1) is 14.8. The van der Waals surface area contributed by atoms with Crippen LogP contribution >= 0.6 is 11.8 Å². The number of nitrogens with one attached hydrogen (secondary N) is 1. The van der Waals surface area contributed by atoms with Gasteiger partial charge in [-0.2, -0.15) is 17.0 Å². The maximum absolute atomic E-state index is 9.19. The molecule has 0 aromatic carbocycles. The third kappa shape index (κ3) is 6.30. The van der Waals surface area contributed by atoms with E-state index in [0.717, 1.165) is 24.3 Å². The highest BCUT2D eigenvalue weighted by atomic mass is 32.2. The van der Waals surface area contributed by atoms with E-state index in [0.29, 0.717) is 12.0 Å². The van der Waals surface area contributed by atoms with Gasteiger partial charge in [-0.15, -0.1) is 0 Å². The van der Waals surface area contributed by atoms with Crippen LogP contribution in [0.4, 0.5) is 0 Å². The van der Waals surface area contributed by atoms with Gasteiger partial charge in [-0.1, -0.05) is 6.92 Å². The second-order valence-corrected chi connectivity index (χ2v) is 6.48. The van der Waals surface area contributed by atoms with E-state index in [1.807, 2.05) is 18.7 Å². The molecule has 0 amide bonds. The normalized spacial score (nSPS) is 20.6. The Hall–Kier alpha value is -0.240. The summed E-state index contributed by atoms with van der Waals surface area (Å²) in [4.78, 5) is 0. The Morgan fingerprint density at radius 2 is 2.29 bits per heavy atom. The summed E-state index contributed by atoms with van der Waals surface area (Å²) in [5, 5.41) is 21.5. The van der Waals surface area contributed by atoms with Crippen molar-refractivity contribution in [3.8, 4) is 6.07 Å². The molecule has 0 bridgehead atoms. The van der Waals surface area contributed by atoms with Gasteiger partial charge in [-0.3, -0.25) is 5.32 Å². The minimum Gasteiger partial charge on any atom is -0.396 e. The molecule has 0 radical (unpaired) electrons. The molecule has 2 unspecified atom stereocenters. The number of hydrogen-bond acceptors (Lipinski definition) is 4. The minimum absolute atomic E-state index is 0.270. The number of aliphatic hydroxyl groups excluding tert-OH is 1. The van der Waals surface area contributed by atoms with E-state index in [-0.39, 0.29) is 12.1 Å². The molecule has 4 heteroatoms. The first-order valence-corrected chi connectivity index (χ1v) is 7.62. The van der Waals surface area contributed by atoms with Crippen LogP contribution in [0.25, 0.3) is 0 Å². The van der Waals surface area contributed by atoms with Crippen LogP contribution in [-0.2, 0) is 0 Å². The van der Waals surface area contributed by atoms with Crippen molar-refractivity contribution < 1.29 is 5.11 Å². The van der Waals surface area contributed by atoms with E-state index in [4.69, 9.17) is 5.11 Å². The summed E-state index contributed by atoms with van der Waals surface area (Å²) in [6.45, 7) is 4.33. The number of nitrogens with zero attached hydrogens (tertiary/aromatic N) is 1. The quantitative estimate of drug-likeness (QED) is 0.621. The van der Waals surface area contributed by atoms with Gasteiger partial charge in [0.25, 0.3) is 0 Å². The SMILES string of the molecule is CC(CO)CSCCCC(C)(C#N)NC1CC1. The summed E-state index contributed by atoms with van der Waals surface area (Å²) in [6, 6.07) is 2.99. The van der Waals surface area contributed by atoms with Crippen LogP contribution in [0.5, 0.6) is 0 Å². The van der Waals surface area contributed by atoms with Crippen LogP contribution < -0.4 is 5.32 Å². The molecule has 1 aliphatic carbocycles. The molecule has 1 aliphatic rings. The summed E-state index contributed by atoms with van der Waals surface area (Å²) >= 11 is 1.87. The van der Waals surface area contributed by atoms with Crippen LogP contribution in [0.1, 0.15) is 39.5 Å². The zero-order chi connectivity index (χ0) is 12.7. The molecule has 0 aromatic heterocycles. The van der Waals surface area contributed by atoms with E-state index < -0.39 is 0 Å². The predicted molar refractivity (Wildman–Crippen MR) is 73.0 cm³/mol. The van der Waals surface area contributed by atoms with Gasteiger partial charge in [-0.05, 0) is 50.0 Å². The molecule has 98 valence electrons. The van der Waals surface area contributed by atoms with Crippen molar-refractivity contribution in [3.05, 3.63) is 0 Å². The Morgan fingerprint density at radius 3 is 2.82 bits per heavy atom. The highest BCUT2D eigenvalue weighted by molar-refractivity contribution is 7.99. The lowest BCUT2D eigenvalue weighted by atomic mass is 9.98. The van der Waals surface area contributed by atoms with Crippen molar-refractivity contribution in [2.45, 2.75) is 51.1 Å². The van der Waals surface area contributed by atoms with E-state index >= 15 is 0 Å². The zero-order valence-electron chi connectivity index (χ0n) is 10.9. The van der Waals surface area contributed by atoms with Crippen LogP contribution in [0, 0.1) is 17.2 Å². The zero-order valence-corrected chi connectivity index (χ0v) is 11.7. The second kappa shape index (κ2) is 7.25. The third-order valence-electron chi connectivity index (χ3n) is 3.03. The average Bonchev–Trinajstić information content (AvgIpc) is 3.12. The van der Waals surface area contributed by atoms with Crippen LogP contribution in [0.15, 0.2) is 0 Å². The average molecular weight is 256 g/mol. The van der Waals surface area contributed by atoms with Crippen LogP contribution in [0.2, 0.25) is 0 Å². The van der Waals surface area contributed by atoms with Crippen LogP contribution in [-0.4, -0.2) is 34.8 Å². The fourth-order valence-corrected chi connectivity index (χ4v) is 2.73. The lowest BCUT2D eigenvalue weighted by Gasteiger charge is -2.23. The number of thioether (sulfide) groups is 1. The maximum atomic E-state index is 9.19. The van der Waals surface area contributed by atoms with Gasteiger partial charge in [-0.25, -0.2) is 0 Å². The standard InChI is InChI=1S/C13H24N2OS/c1-11(8-16)9-17-7-3-6-13(2,10-14)15-12-4-5-12/h11-12,15-16H,3-9H2,1-2H3. The van der Waals surface area contributed by atoms with Crippen molar-refractivity contribution in [2.75, 3.05) is 18.1 Å². The van der Waals surface area contributed by atoms with Gasteiger partial charge in [0.2, 0.25) is 0 Å². The largest absolute Gasteiger partial charge is 0.396 e. The predicted octanol–water partition coefficient (Wildman–Crippen LogP) is 2.16. The fourth-order valence-electron chi connectivity index (χ4n) is 1.70. The van der Waals surface area contributed by atoms with Crippen molar-refractivity contribution in [1.82, 2.24) is 5.32 Å². The van der Waals surface area contributed by atoms with E-state index in [9.17, 15) is 5.26 Å². The first-order chi connectivity index (χ1) is 8.09. The summed E-state index contributed by atoms with van der Waals surface area (Å²) in [5.41, 5.74) is -0.343. The molecular formula is C13H24N2OS. The molecule has 1 saturated carbocycles. The maximum Gasteiger partial charge on any atom is 0.104 e. The molecule has 2 atom stereocenters. The Morgan fingerprint density at radius 1 is 1.59 bits per heavy atom. The van der Waals surface area contributed by atoms with Gasteiger partial charge >= 0.3 is 0 Å². The Kier molecular flexibility index (Phi) is 6.32. The number of nitriles is 1. The molecule has 2 N–H and O–H groups in total. The Labute approximate surface area is 109 Å². The van der Waals surface area contributed by atoms with Gasteiger partial charge in [0.15, 0.2) is 0 Å². The molecular weight excluding hydrogens is 232 g/mol. The van der Waals surface area contributed by atoms with Crippen molar-refractivity contribution in [1.29, 1.82) is 5.26 Å². The van der Waals surface area contributed by atoms with E-state index in [2.05, 4.69) is 18.3 Å². The molecule has 0 saturated heterocycles. The molecule has 0 spiro atoms. The lowest BCUT2D eigenvalue weighted by Crippen LogP contribution is -2.42. The van der Waals surface area contributed by atoms with Crippen molar-refractivity contribution >= 4 is 11.8 Å². The second-order valence-electron chi connectivity index (χ2n) is 5.33. The van der Waals surface area contributed by atoms with Gasteiger partial charge in [0, 0.05) is 12.6 Å². The molecule has 0 aromatic rings. The van der Waals surface area contributed by atoms with E-state index in [1.165, 1.54) is 12.8 Å². The molecule has 17 heavy (non-hydrogen) atoms. The summed E-state index contributed by atoms with van der Waals surface area (Å²) < 4.78 is 0. The minimum atomic E-state index is -0.343. The molecule has 1 fully saturated rings. The number of aliphatic hydroxyl groups is 1. The summed E-state index contributed by atoms with van der Waals surface area (Å²) in [5.74, 6) is 2.47. The van der Waals surface area contributed by atoms with Crippen LogP contribution in [0.3, 0.4) is 0 Å². The highest BCUT2D eigenvalue weighted by Gasteiger charge is 2.31. The van der Waals surface area contributed by atoms with Gasteiger partial charge in [0.05, 0.1) is 6.07 Å². The monoisotopic (exact) mass is 256 g/mol. The van der Waals surface area contributed by atoms with Gasteiger partial charge in [0.1, 0.15) is 5.54 Å². The number of hydrogen-bond donors (Lipinski definition) is 2. The molecule has 0 aliphatic heterocycles. The number of rotatable bonds is 9. The molecule has 1 rings (SSSR count). The summed E-state index contributed by atoms with van der Waals surface area (Å²) in [7, 11) is 0. The molecule has 0 heterocycles. The highest BCUT2D eigenvalue weighted by Crippen LogP contribution is 2.25. The lowest BCUT2D eigenvalue weighted by molar-refractivity contribution is 0.250. The smallest absolute Gasteiger partial charge is 0.104 e. The summed E-state index contributed by atoms with van der Waals surface area (Å²) in [6.07, 6.45) is 4.42. The third-order valence-corrected chi connectivity index (χ3v) is 4.41. The topological polar surface area (TPSA) is 56.0 Å². The molecule has 3 nitrogen and oxygen atoms in total. The Bertz CT molecular complexity index is 263. The van der Waals surface area contributed by atoms with Crippen molar-refractivity contribution in [2.24, 2.45) is 5.92 Å². The fraction of sp³-hybridized carbons (Fsp3) is 0.923. The first-order valence-electron chi connectivity index (χ1n) is 6.47. The van der Waals surface area contributed by atoms with Gasteiger partial charge < -0.3 is 5.11 Å². The Balaban J connectivity index is 2.09.